The Morgan fingerprint density at radius 1 is 0.559 bits per heavy atom. The van der Waals surface area contributed by atoms with Gasteiger partial charge in [0.15, 0.2) is 8.65 Å². The summed E-state index contributed by atoms with van der Waals surface area (Å²) in [4.78, 5) is 0. The quantitative estimate of drug-likeness (QED) is 0.209. The monoisotopic (exact) mass is 660 g/mol. The van der Waals surface area contributed by atoms with Crippen LogP contribution in [0.2, 0.25) is 0 Å². The second-order valence-corrected chi connectivity index (χ2v) is 22.5. The molecule has 0 aromatic heterocycles. The fraction of sp³-hybridized carbons (Fsp3) is 0.778. The van der Waals surface area contributed by atoms with Gasteiger partial charge in [0.1, 0.15) is 0 Å². The lowest BCUT2D eigenvalue weighted by Crippen LogP contribution is -2.04. The van der Waals surface area contributed by atoms with Crippen molar-refractivity contribution in [1.29, 1.82) is 0 Å². The Kier molecular flexibility index (Phi) is 14.1. The van der Waals surface area contributed by atoms with E-state index in [9.17, 15) is 9.13 Å². The Balaban J connectivity index is 0.000000191. The summed E-state index contributed by atoms with van der Waals surface area (Å²) in [5.74, 6) is 4.55. The van der Waals surface area contributed by atoms with Crippen LogP contribution in [0.5, 0.6) is 0 Å². The van der Waals surface area contributed by atoms with Gasteiger partial charge in [-0.3, -0.25) is 9.13 Å². The molecule has 0 radical (unpaired) electrons. The molecule has 0 N–H and O–H groups in total. The normalized spacial score (nSPS) is 22.0. The summed E-state index contributed by atoms with van der Waals surface area (Å²) in [6, 6.07) is 0. The van der Waals surface area contributed by atoms with Crippen molar-refractivity contribution in [2.24, 2.45) is 0 Å². The van der Waals surface area contributed by atoms with Gasteiger partial charge < -0.3 is 18.1 Å². The Bertz CT molecular complexity index is 732. The van der Waals surface area contributed by atoms with Crippen LogP contribution in [0.3, 0.4) is 0 Å². The first-order valence-electron chi connectivity index (χ1n) is 10.8. The van der Waals surface area contributed by atoms with Gasteiger partial charge >= 0.3 is 15.2 Å². The highest BCUT2D eigenvalue weighted by Crippen LogP contribution is 2.72. The van der Waals surface area contributed by atoms with Gasteiger partial charge in [-0.05, 0) is 27.7 Å². The Labute approximate surface area is 237 Å². The summed E-state index contributed by atoms with van der Waals surface area (Å²) in [7, 11) is -5.97. The van der Waals surface area contributed by atoms with Gasteiger partial charge in [-0.15, -0.1) is 47.0 Å². The molecule has 16 heteroatoms. The molecule has 4 aliphatic heterocycles. The van der Waals surface area contributed by atoms with Gasteiger partial charge in [-0.25, -0.2) is 0 Å². The molecule has 0 aliphatic carbocycles. The van der Waals surface area contributed by atoms with Crippen LogP contribution in [0, 0.1) is 0 Å². The highest BCUT2D eigenvalue weighted by atomic mass is 32.3. The van der Waals surface area contributed by atoms with E-state index in [1.165, 1.54) is 16.9 Å². The fourth-order valence-corrected chi connectivity index (χ4v) is 22.3. The molecule has 0 saturated heterocycles. The highest BCUT2D eigenvalue weighted by Gasteiger charge is 2.44. The van der Waals surface area contributed by atoms with Crippen molar-refractivity contribution in [2.45, 2.75) is 36.3 Å². The minimum absolute atomic E-state index is 0.120. The first kappa shape index (κ1) is 31.1. The first-order chi connectivity index (χ1) is 16.4. The van der Waals surface area contributed by atoms with Crippen molar-refractivity contribution in [3.05, 3.63) is 16.9 Å². The third-order valence-electron chi connectivity index (χ3n) is 4.02. The molecule has 0 amide bonds. The standard InChI is InChI=1S/2C9H15O3PS4/c2*1-3-11-13(10,12-4-2)9-16-7-8(17-9)15-6-5-14-7/h2*9H,3-6H2,1-2H3. The molecule has 4 rings (SSSR count). The summed E-state index contributed by atoms with van der Waals surface area (Å²) < 4.78 is 51.8. The zero-order valence-corrected chi connectivity index (χ0v) is 27.7. The second-order valence-electron chi connectivity index (χ2n) is 6.38. The molecule has 196 valence electrons. The summed E-state index contributed by atoms with van der Waals surface area (Å²) >= 11 is 14.0. The van der Waals surface area contributed by atoms with Gasteiger partial charge in [0, 0.05) is 23.0 Å². The van der Waals surface area contributed by atoms with E-state index in [0.717, 1.165) is 23.0 Å². The van der Waals surface area contributed by atoms with Crippen LogP contribution in [-0.2, 0) is 27.2 Å². The zero-order chi connectivity index (χ0) is 24.6. The Hall–Kier alpha value is 2.58. The fourth-order valence-electron chi connectivity index (χ4n) is 2.81. The van der Waals surface area contributed by atoms with E-state index in [2.05, 4.69) is 0 Å². The average Bonchev–Trinajstić information content (AvgIpc) is 3.45. The number of rotatable bonds is 10. The Morgan fingerprint density at radius 2 is 0.794 bits per heavy atom. The number of thioether (sulfide) groups is 8. The van der Waals surface area contributed by atoms with Gasteiger partial charge in [-0.1, -0.05) is 47.0 Å². The summed E-state index contributed by atoms with van der Waals surface area (Å²) in [5, 5.41) is 0. The molecule has 6 nitrogen and oxygen atoms in total. The summed E-state index contributed by atoms with van der Waals surface area (Å²) in [6.45, 7) is 9.14. The topological polar surface area (TPSA) is 71.1 Å². The smallest absolute Gasteiger partial charge is 0.307 e. The third-order valence-corrected chi connectivity index (χ3v) is 23.1. The van der Waals surface area contributed by atoms with Crippen LogP contribution in [0.25, 0.3) is 0 Å². The lowest BCUT2D eigenvalue weighted by atomic mass is 10.9. The molecule has 0 spiro atoms. The maximum Gasteiger partial charge on any atom is 0.354 e. The molecule has 0 fully saturated rings. The SMILES string of the molecule is CCOP(=O)(OCC)C1SC2=C(SCCS2)S1.CCOP(=O)(OCC)C1SC2=C(SCCS2)S1. The largest absolute Gasteiger partial charge is 0.354 e. The molecule has 4 heterocycles. The van der Waals surface area contributed by atoms with Crippen LogP contribution in [-0.4, -0.2) is 58.1 Å². The number of hydrogen-bond acceptors (Lipinski definition) is 14. The predicted molar refractivity (Wildman–Crippen MR) is 164 cm³/mol. The molecule has 0 aromatic carbocycles. The minimum Gasteiger partial charge on any atom is -0.307 e. The molecule has 0 bridgehead atoms. The van der Waals surface area contributed by atoms with E-state index in [1.54, 1.807) is 47.0 Å². The van der Waals surface area contributed by atoms with E-state index < -0.39 is 15.2 Å². The minimum atomic E-state index is -2.98. The molecule has 0 atom stereocenters. The lowest BCUT2D eigenvalue weighted by molar-refractivity contribution is 0.221. The molecular weight excluding hydrogens is 631 g/mol. The lowest BCUT2D eigenvalue weighted by Gasteiger charge is -2.21. The average molecular weight is 661 g/mol. The van der Waals surface area contributed by atoms with Crippen molar-refractivity contribution in [3.63, 3.8) is 0 Å². The maximum atomic E-state index is 12.6. The highest BCUT2D eigenvalue weighted by molar-refractivity contribution is 8.42. The summed E-state index contributed by atoms with van der Waals surface area (Å²) in [5.41, 5.74) is 0. The van der Waals surface area contributed by atoms with Crippen molar-refractivity contribution in [1.82, 2.24) is 0 Å². The zero-order valence-electron chi connectivity index (χ0n) is 19.4. The summed E-state index contributed by atoms with van der Waals surface area (Å²) in [6.07, 6.45) is 0. The predicted octanol–water partition coefficient (Wildman–Crippen LogP) is 9.25. The van der Waals surface area contributed by atoms with E-state index >= 15 is 0 Å². The third kappa shape index (κ3) is 8.29. The molecule has 0 aromatic rings. The molecule has 4 aliphatic rings. The van der Waals surface area contributed by atoms with Crippen molar-refractivity contribution < 1.29 is 27.2 Å². The van der Waals surface area contributed by atoms with Crippen molar-refractivity contribution >= 4 is 109 Å². The van der Waals surface area contributed by atoms with E-state index in [4.69, 9.17) is 18.1 Å². The van der Waals surface area contributed by atoms with Crippen LogP contribution in [0.1, 0.15) is 27.7 Å². The van der Waals surface area contributed by atoms with Gasteiger partial charge in [0.05, 0.1) is 43.4 Å². The number of hydrogen-bond donors (Lipinski definition) is 0. The van der Waals surface area contributed by atoms with Crippen LogP contribution < -0.4 is 0 Å². The maximum absolute atomic E-state index is 12.6. The van der Waals surface area contributed by atoms with Crippen LogP contribution in [0.15, 0.2) is 16.9 Å². The van der Waals surface area contributed by atoms with Crippen LogP contribution in [0.4, 0.5) is 0 Å². The second kappa shape index (κ2) is 15.4. The molecule has 0 saturated carbocycles. The first-order valence-corrected chi connectivity index (χ1v) is 21.5. The van der Waals surface area contributed by atoms with E-state index in [-0.39, 0.29) is 8.65 Å². The van der Waals surface area contributed by atoms with Gasteiger partial charge in [0.25, 0.3) is 0 Å². The van der Waals surface area contributed by atoms with Gasteiger partial charge in [-0.2, -0.15) is 0 Å². The van der Waals surface area contributed by atoms with Crippen molar-refractivity contribution in [2.75, 3.05) is 49.4 Å². The molecular formula is C18H30O6P2S8. The van der Waals surface area contributed by atoms with Gasteiger partial charge in [0.2, 0.25) is 0 Å². The van der Waals surface area contributed by atoms with E-state index in [0.29, 0.717) is 26.4 Å². The van der Waals surface area contributed by atoms with E-state index in [1.807, 2.05) is 74.7 Å². The van der Waals surface area contributed by atoms with Crippen LogP contribution >= 0.6 is 109 Å². The van der Waals surface area contributed by atoms with Crippen molar-refractivity contribution in [3.8, 4) is 0 Å². The Morgan fingerprint density at radius 3 is 1.00 bits per heavy atom. The molecule has 34 heavy (non-hydrogen) atoms. The molecule has 0 unspecified atom stereocenters.